The SMILES string of the molecule is COCCNCC1C(C)(C)C12CCCC1CC12. The van der Waals surface area contributed by atoms with E-state index in [1.807, 2.05) is 0 Å². The normalized spacial score (nSPS) is 45.7. The Balaban J connectivity index is 1.58. The summed E-state index contributed by atoms with van der Waals surface area (Å²) in [5.74, 6) is 3.11. The molecule has 4 atom stereocenters. The van der Waals surface area contributed by atoms with Crippen LogP contribution in [0.1, 0.15) is 39.5 Å². The number of hydrogen-bond acceptors (Lipinski definition) is 2. The second kappa shape index (κ2) is 3.96. The zero-order valence-electron chi connectivity index (χ0n) is 11.6. The molecule has 2 nitrogen and oxygen atoms in total. The van der Waals surface area contributed by atoms with Crippen LogP contribution < -0.4 is 5.32 Å². The average Bonchev–Trinajstić information content (AvgIpc) is 3.15. The fraction of sp³-hybridized carbons (Fsp3) is 1.00. The van der Waals surface area contributed by atoms with Crippen LogP contribution in [0.15, 0.2) is 0 Å². The van der Waals surface area contributed by atoms with Gasteiger partial charge in [-0.15, -0.1) is 0 Å². The van der Waals surface area contributed by atoms with E-state index in [2.05, 4.69) is 19.2 Å². The predicted octanol–water partition coefficient (Wildman–Crippen LogP) is 2.68. The van der Waals surface area contributed by atoms with E-state index >= 15 is 0 Å². The van der Waals surface area contributed by atoms with Crippen molar-refractivity contribution in [2.24, 2.45) is 28.6 Å². The van der Waals surface area contributed by atoms with Crippen LogP contribution in [0.25, 0.3) is 0 Å². The van der Waals surface area contributed by atoms with Crippen molar-refractivity contribution in [2.45, 2.75) is 39.5 Å². The zero-order chi connectivity index (χ0) is 12.1. The van der Waals surface area contributed by atoms with Crippen molar-refractivity contribution in [3.63, 3.8) is 0 Å². The fourth-order valence-electron chi connectivity index (χ4n) is 5.13. The molecule has 3 fully saturated rings. The molecule has 3 aliphatic rings. The van der Waals surface area contributed by atoms with Crippen molar-refractivity contribution in [3.8, 4) is 0 Å². The molecule has 1 N–H and O–H groups in total. The molecule has 98 valence electrons. The van der Waals surface area contributed by atoms with Crippen molar-refractivity contribution < 1.29 is 4.74 Å². The van der Waals surface area contributed by atoms with Crippen molar-refractivity contribution in [1.82, 2.24) is 5.32 Å². The summed E-state index contributed by atoms with van der Waals surface area (Å²) in [7, 11) is 1.78. The van der Waals surface area contributed by atoms with E-state index in [0.29, 0.717) is 5.41 Å². The molecule has 3 rings (SSSR count). The van der Waals surface area contributed by atoms with E-state index < -0.39 is 0 Å². The monoisotopic (exact) mass is 237 g/mol. The van der Waals surface area contributed by atoms with Gasteiger partial charge in [-0.2, -0.15) is 0 Å². The molecule has 17 heavy (non-hydrogen) atoms. The third-order valence-corrected chi connectivity index (χ3v) is 6.19. The van der Waals surface area contributed by atoms with E-state index in [1.165, 1.54) is 32.2 Å². The second-order valence-electron chi connectivity index (χ2n) is 7.01. The van der Waals surface area contributed by atoms with E-state index in [9.17, 15) is 0 Å². The smallest absolute Gasteiger partial charge is 0.0587 e. The van der Waals surface area contributed by atoms with Crippen LogP contribution in [0.3, 0.4) is 0 Å². The van der Waals surface area contributed by atoms with Gasteiger partial charge in [-0.05, 0) is 48.0 Å². The van der Waals surface area contributed by atoms with Crippen molar-refractivity contribution in [2.75, 3.05) is 26.8 Å². The number of fused-ring (bicyclic) bond motifs is 2. The van der Waals surface area contributed by atoms with Gasteiger partial charge in [0, 0.05) is 13.7 Å². The summed E-state index contributed by atoms with van der Waals surface area (Å²) in [6.45, 7) is 8.08. The first-order valence-corrected chi connectivity index (χ1v) is 7.34. The number of nitrogens with one attached hydrogen (secondary N) is 1. The van der Waals surface area contributed by atoms with Gasteiger partial charge >= 0.3 is 0 Å². The van der Waals surface area contributed by atoms with Gasteiger partial charge in [-0.25, -0.2) is 0 Å². The van der Waals surface area contributed by atoms with Gasteiger partial charge in [0.2, 0.25) is 0 Å². The molecule has 0 aromatic heterocycles. The van der Waals surface area contributed by atoms with Gasteiger partial charge < -0.3 is 10.1 Å². The number of rotatable bonds is 5. The molecule has 0 heterocycles. The van der Waals surface area contributed by atoms with Gasteiger partial charge in [0.25, 0.3) is 0 Å². The van der Waals surface area contributed by atoms with E-state index in [-0.39, 0.29) is 0 Å². The van der Waals surface area contributed by atoms with Crippen LogP contribution in [0.5, 0.6) is 0 Å². The molecule has 0 bridgehead atoms. The fourth-order valence-corrected chi connectivity index (χ4v) is 5.13. The molecule has 0 radical (unpaired) electrons. The summed E-state index contributed by atoms with van der Waals surface area (Å²) in [4.78, 5) is 0. The van der Waals surface area contributed by atoms with E-state index in [0.717, 1.165) is 36.3 Å². The minimum Gasteiger partial charge on any atom is -0.383 e. The zero-order valence-corrected chi connectivity index (χ0v) is 11.6. The first-order chi connectivity index (χ1) is 8.14. The topological polar surface area (TPSA) is 21.3 Å². The van der Waals surface area contributed by atoms with Crippen LogP contribution in [-0.4, -0.2) is 26.8 Å². The van der Waals surface area contributed by atoms with E-state index in [4.69, 9.17) is 4.74 Å². The predicted molar refractivity (Wildman–Crippen MR) is 69.9 cm³/mol. The van der Waals surface area contributed by atoms with Crippen molar-refractivity contribution in [3.05, 3.63) is 0 Å². The molecule has 0 saturated heterocycles. The largest absolute Gasteiger partial charge is 0.383 e. The summed E-state index contributed by atoms with van der Waals surface area (Å²) in [5, 5.41) is 3.59. The Bertz CT molecular complexity index is 301. The third-order valence-electron chi connectivity index (χ3n) is 6.19. The maximum atomic E-state index is 5.10. The van der Waals surface area contributed by atoms with Crippen molar-refractivity contribution in [1.29, 1.82) is 0 Å². The highest BCUT2D eigenvalue weighted by Crippen LogP contribution is 2.82. The summed E-state index contributed by atoms with van der Waals surface area (Å²) < 4.78 is 5.10. The van der Waals surface area contributed by atoms with Gasteiger partial charge in [-0.1, -0.05) is 26.7 Å². The number of ether oxygens (including phenoxy) is 1. The molecule has 0 amide bonds. The van der Waals surface area contributed by atoms with Gasteiger partial charge in [-0.3, -0.25) is 0 Å². The van der Waals surface area contributed by atoms with Crippen LogP contribution in [-0.2, 0) is 4.74 Å². The van der Waals surface area contributed by atoms with Crippen LogP contribution in [0.2, 0.25) is 0 Å². The minimum absolute atomic E-state index is 0.590. The second-order valence-corrected chi connectivity index (χ2v) is 7.01. The molecule has 0 aliphatic heterocycles. The maximum absolute atomic E-state index is 5.10. The molecule has 3 saturated carbocycles. The van der Waals surface area contributed by atoms with E-state index in [1.54, 1.807) is 7.11 Å². The standard InChI is InChI=1S/C15H27NO/c1-14(2)13(10-16-7-8-17-3)15(14)6-4-5-11-9-12(11)15/h11-13,16H,4-10H2,1-3H3. The molecule has 3 aliphatic carbocycles. The lowest BCUT2D eigenvalue weighted by Crippen LogP contribution is -2.25. The van der Waals surface area contributed by atoms with Gasteiger partial charge in [0.05, 0.1) is 6.61 Å². The average molecular weight is 237 g/mol. The highest BCUT2D eigenvalue weighted by Gasteiger charge is 2.77. The third kappa shape index (κ3) is 1.60. The summed E-state index contributed by atoms with van der Waals surface area (Å²) in [5.41, 5.74) is 1.31. The highest BCUT2D eigenvalue weighted by atomic mass is 16.5. The van der Waals surface area contributed by atoms with Gasteiger partial charge in [0.1, 0.15) is 0 Å². The Hall–Kier alpha value is -0.0800. The summed E-state index contributed by atoms with van der Waals surface area (Å²) in [6, 6.07) is 0. The molecule has 0 aromatic carbocycles. The Morgan fingerprint density at radius 2 is 2.18 bits per heavy atom. The van der Waals surface area contributed by atoms with Crippen LogP contribution >= 0.6 is 0 Å². The summed E-state index contributed by atoms with van der Waals surface area (Å²) >= 11 is 0. The lowest BCUT2D eigenvalue weighted by Gasteiger charge is -2.25. The quantitative estimate of drug-likeness (QED) is 0.742. The Morgan fingerprint density at radius 1 is 1.35 bits per heavy atom. The molecular formula is C15H27NO. The lowest BCUT2D eigenvalue weighted by molar-refractivity contribution is 0.197. The Kier molecular flexibility index (Phi) is 2.79. The van der Waals surface area contributed by atoms with Crippen molar-refractivity contribution >= 4 is 0 Å². The molecule has 0 aromatic rings. The molecule has 2 heteroatoms. The Labute approximate surface area is 105 Å². The number of hydrogen-bond donors (Lipinski definition) is 1. The maximum Gasteiger partial charge on any atom is 0.0587 e. The van der Waals surface area contributed by atoms with Crippen LogP contribution in [0.4, 0.5) is 0 Å². The Morgan fingerprint density at radius 3 is 2.94 bits per heavy atom. The van der Waals surface area contributed by atoms with Gasteiger partial charge in [0.15, 0.2) is 0 Å². The first kappa shape index (κ1) is 12.0. The van der Waals surface area contributed by atoms with Crippen LogP contribution in [0, 0.1) is 28.6 Å². The molecular weight excluding hydrogens is 210 g/mol. The number of methoxy groups -OCH3 is 1. The lowest BCUT2D eigenvalue weighted by atomic mass is 9.80. The first-order valence-electron chi connectivity index (χ1n) is 7.34. The molecule has 1 spiro atoms. The highest BCUT2D eigenvalue weighted by molar-refractivity contribution is 5.25. The molecule has 4 unspecified atom stereocenters. The minimum atomic E-state index is 0.590. The summed E-state index contributed by atoms with van der Waals surface area (Å²) in [6.07, 6.45) is 6.04.